The second kappa shape index (κ2) is 13.7. The Balaban J connectivity index is 1.32. The van der Waals surface area contributed by atoms with Gasteiger partial charge < -0.3 is 10.1 Å². The van der Waals surface area contributed by atoms with Gasteiger partial charge in [0.1, 0.15) is 10.8 Å². The molecule has 0 spiro atoms. The third kappa shape index (κ3) is 7.27. The molecule has 0 saturated heterocycles. The first-order chi connectivity index (χ1) is 20.0. The molecule has 1 N–H and O–H groups in total. The zero-order valence-electron chi connectivity index (χ0n) is 22.6. The van der Waals surface area contributed by atoms with Crippen molar-refractivity contribution in [3.05, 3.63) is 108 Å². The highest BCUT2D eigenvalue weighted by Crippen LogP contribution is 2.36. The highest BCUT2D eigenvalue weighted by Gasteiger charge is 2.21. The summed E-state index contributed by atoms with van der Waals surface area (Å²) in [7, 11) is 0. The molecular weight excluding hydrogens is 573 g/mol. The molecule has 0 fully saturated rings. The molecule has 3 aromatic carbocycles. The van der Waals surface area contributed by atoms with E-state index in [1.807, 2.05) is 65.2 Å². The molecular formula is C31H28N4O3S3. The zero-order valence-corrected chi connectivity index (χ0v) is 25.0. The smallest absolute Gasteiger partial charge is 0.341 e. The van der Waals surface area contributed by atoms with Crippen LogP contribution in [0.2, 0.25) is 0 Å². The molecule has 0 aliphatic rings. The van der Waals surface area contributed by atoms with Gasteiger partial charge in [-0.05, 0) is 49.7 Å². The summed E-state index contributed by atoms with van der Waals surface area (Å²) >= 11 is 4.33. The van der Waals surface area contributed by atoms with Crippen LogP contribution in [0.5, 0.6) is 0 Å². The van der Waals surface area contributed by atoms with E-state index >= 15 is 0 Å². The lowest BCUT2D eigenvalue weighted by Crippen LogP contribution is -2.16. The molecule has 10 heteroatoms. The van der Waals surface area contributed by atoms with Gasteiger partial charge in [0.05, 0.1) is 23.7 Å². The molecule has 208 valence electrons. The first-order valence-electron chi connectivity index (χ1n) is 13.0. The standard InChI is InChI=1S/C31H28N4O3S3/c1-3-38-30(37)25-18-26(22-10-6-4-7-11-22)41-29(25)32-28(36)20-40-31-34-33-27(35(31)23-12-8-5-9-13-23)19-39-24-16-14-21(2)15-17-24/h4-18H,3,19-20H2,1-2H3,(H,32,36). The van der Waals surface area contributed by atoms with Crippen LogP contribution in [0.4, 0.5) is 5.00 Å². The van der Waals surface area contributed by atoms with E-state index in [-0.39, 0.29) is 18.3 Å². The van der Waals surface area contributed by atoms with Crippen molar-refractivity contribution in [3.63, 3.8) is 0 Å². The predicted molar refractivity (Wildman–Crippen MR) is 167 cm³/mol. The summed E-state index contributed by atoms with van der Waals surface area (Å²) in [6, 6.07) is 29.8. The molecule has 0 bridgehead atoms. The molecule has 0 unspecified atom stereocenters. The average Bonchev–Trinajstić information content (AvgIpc) is 3.61. The Morgan fingerprint density at radius 3 is 2.34 bits per heavy atom. The maximum Gasteiger partial charge on any atom is 0.341 e. The number of aryl methyl sites for hydroxylation is 1. The zero-order chi connectivity index (χ0) is 28.6. The number of para-hydroxylation sites is 1. The van der Waals surface area contributed by atoms with Gasteiger partial charge in [-0.3, -0.25) is 9.36 Å². The predicted octanol–water partition coefficient (Wildman–Crippen LogP) is 7.50. The summed E-state index contributed by atoms with van der Waals surface area (Å²) in [6.45, 7) is 4.07. The number of ether oxygens (including phenoxy) is 1. The van der Waals surface area contributed by atoms with Crippen molar-refractivity contribution in [2.45, 2.75) is 29.7 Å². The Morgan fingerprint density at radius 2 is 1.63 bits per heavy atom. The second-order valence-corrected chi connectivity index (χ2v) is 12.0. The second-order valence-electron chi connectivity index (χ2n) is 8.95. The number of hydrogen-bond donors (Lipinski definition) is 1. The van der Waals surface area contributed by atoms with Crippen LogP contribution in [0.3, 0.4) is 0 Å². The first kappa shape index (κ1) is 28.7. The van der Waals surface area contributed by atoms with Gasteiger partial charge in [-0.2, -0.15) is 0 Å². The van der Waals surface area contributed by atoms with Gasteiger partial charge in [-0.15, -0.1) is 33.3 Å². The van der Waals surface area contributed by atoms with Crippen molar-refractivity contribution in [2.24, 2.45) is 0 Å². The van der Waals surface area contributed by atoms with E-state index in [9.17, 15) is 9.59 Å². The third-order valence-corrected chi connectivity index (χ3v) is 9.01. The minimum absolute atomic E-state index is 0.0942. The molecule has 41 heavy (non-hydrogen) atoms. The molecule has 0 atom stereocenters. The van der Waals surface area contributed by atoms with E-state index in [0.29, 0.717) is 21.5 Å². The minimum Gasteiger partial charge on any atom is -0.462 e. The lowest BCUT2D eigenvalue weighted by atomic mass is 10.1. The molecule has 7 nitrogen and oxygen atoms in total. The minimum atomic E-state index is -0.464. The number of thiophene rings is 1. The lowest BCUT2D eigenvalue weighted by Gasteiger charge is -2.10. The number of rotatable bonds is 11. The van der Waals surface area contributed by atoms with Gasteiger partial charge in [0.15, 0.2) is 5.16 Å². The topological polar surface area (TPSA) is 86.1 Å². The maximum atomic E-state index is 13.1. The van der Waals surface area contributed by atoms with Crippen LogP contribution in [0.1, 0.15) is 28.7 Å². The third-order valence-electron chi connectivity index (χ3n) is 5.97. The summed E-state index contributed by atoms with van der Waals surface area (Å²) in [6.07, 6.45) is 0. The number of thioether (sulfide) groups is 2. The highest BCUT2D eigenvalue weighted by atomic mass is 32.2. The molecule has 0 aliphatic heterocycles. The molecule has 1 amide bonds. The van der Waals surface area contributed by atoms with Crippen LogP contribution < -0.4 is 5.32 Å². The average molecular weight is 601 g/mol. The number of amides is 1. The van der Waals surface area contributed by atoms with E-state index in [0.717, 1.165) is 26.8 Å². The van der Waals surface area contributed by atoms with Crippen LogP contribution in [0.15, 0.2) is 101 Å². The van der Waals surface area contributed by atoms with Crippen molar-refractivity contribution < 1.29 is 14.3 Å². The Labute approximate surface area is 251 Å². The number of benzene rings is 3. The number of nitrogens with zero attached hydrogens (tertiary/aromatic N) is 3. The van der Waals surface area contributed by atoms with Crippen LogP contribution >= 0.6 is 34.9 Å². The Hall–Kier alpha value is -3.86. The number of aromatic nitrogens is 3. The van der Waals surface area contributed by atoms with E-state index in [4.69, 9.17) is 4.74 Å². The summed E-state index contributed by atoms with van der Waals surface area (Å²) in [5, 5.41) is 12.9. The number of hydrogen-bond acceptors (Lipinski definition) is 8. The van der Waals surface area contributed by atoms with Crippen LogP contribution in [0.25, 0.3) is 16.1 Å². The maximum absolute atomic E-state index is 13.1. The van der Waals surface area contributed by atoms with E-state index in [1.54, 1.807) is 24.8 Å². The number of anilines is 1. The fraction of sp³-hybridized carbons (Fsp3) is 0.161. The monoisotopic (exact) mass is 600 g/mol. The Kier molecular flexibility index (Phi) is 9.55. The van der Waals surface area contributed by atoms with Crippen LogP contribution in [0, 0.1) is 6.92 Å². The summed E-state index contributed by atoms with van der Waals surface area (Å²) in [5.74, 6) is 0.795. The Morgan fingerprint density at radius 1 is 0.927 bits per heavy atom. The lowest BCUT2D eigenvalue weighted by molar-refractivity contribution is -0.113. The van der Waals surface area contributed by atoms with Crippen LogP contribution in [-0.4, -0.2) is 39.0 Å². The summed E-state index contributed by atoms with van der Waals surface area (Å²) < 4.78 is 7.23. The van der Waals surface area contributed by atoms with Gasteiger partial charge >= 0.3 is 5.97 Å². The van der Waals surface area contributed by atoms with E-state index in [2.05, 4.69) is 46.7 Å². The molecule has 0 radical (unpaired) electrons. The van der Waals surface area contributed by atoms with Gasteiger partial charge in [0, 0.05) is 15.5 Å². The molecule has 5 aromatic rings. The fourth-order valence-electron chi connectivity index (χ4n) is 3.99. The first-order valence-corrected chi connectivity index (χ1v) is 15.8. The SMILES string of the molecule is CCOC(=O)c1cc(-c2ccccc2)sc1NC(=O)CSc1nnc(CSc2ccc(C)cc2)n1-c1ccccc1. The van der Waals surface area contributed by atoms with Crippen molar-refractivity contribution in [3.8, 4) is 16.1 Å². The Bertz CT molecular complexity index is 1620. The van der Waals surface area contributed by atoms with Crippen molar-refractivity contribution in [1.82, 2.24) is 14.8 Å². The molecule has 5 rings (SSSR count). The fourth-order valence-corrected chi connectivity index (χ4v) is 6.64. The molecule has 2 aromatic heterocycles. The summed E-state index contributed by atoms with van der Waals surface area (Å²) in [5.41, 5.74) is 3.45. The van der Waals surface area contributed by atoms with Gasteiger partial charge in [-0.25, -0.2) is 4.79 Å². The van der Waals surface area contributed by atoms with Gasteiger partial charge in [-0.1, -0.05) is 78.0 Å². The molecule has 0 aliphatic carbocycles. The number of esters is 1. The van der Waals surface area contributed by atoms with Crippen LogP contribution in [-0.2, 0) is 15.3 Å². The molecule has 0 saturated carbocycles. The normalized spacial score (nSPS) is 10.9. The van der Waals surface area contributed by atoms with Gasteiger partial charge in [0.25, 0.3) is 0 Å². The van der Waals surface area contributed by atoms with Crippen molar-refractivity contribution >= 4 is 51.7 Å². The van der Waals surface area contributed by atoms with E-state index in [1.165, 1.54) is 28.7 Å². The quantitative estimate of drug-likeness (QED) is 0.124. The number of carbonyl (C=O) groups is 2. The largest absolute Gasteiger partial charge is 0.462 e. The van der Waals surface area contributed by atoms with Gasteiger partial charge in [0.2, 0.25) is 5.91 Å². The molecule has 2 heterocycles. The van der Waals surface area contributed by atoms with Crippen molar-refractivity contribution in [2.75, 3.05) is 17.7 Å². The number of nitrogens with one attached hydrogen (secondary N) is 1. The van der Waals surface area contributed by atoms with E-state index < -0.39 is 5.97 Å². The van der Waals surface area contributed by atoms with Crippen molar-refractivity contribution in [1.29, 1.82) is 0 Å². The summed E-state index contributed by atoms with van der Waals surface area (Å²) in [4.78, 5) is 27.8. The number of carbonyl (C=O) groups excluding carboxylic acids is 2. The highest BCUT2D eigenvalue weighted by molar-refractivity contribution is 7.99.